The van der Waals surface area contributed by atoms with Gasteiger partial charge in [-0.1, -0.05) is 35.9 Å². The zero-order chi connectivity index (χ0) is 19.6. The number of anilines is 1. The molecule has 1 heterocycles. The van der Waals surface area contributed by atoms with Gasteiger partial charge in [-0.25, -0.2) is 9.48 Å². The summed E-state index contributed by atoms with van der Waals surface area (Å²) in [6.07, 6.45) is 1.51. The van der Waals surface area contributed by atoms with Gasteiger partial charge in [-0.05, 0) is 51.0 Å². The molecule has 0 fully saturated rings. The molecule has 6 heteroatoms. The molecule has 0 unspecified atom stereocenters. The van der Waals surface area contributed by atoms with Crippen molar-refractivity contribution < 1.29 is 4.79 Å². The van der Waals surface area contributed by atoms with E-state index in [-0.39, 0.29) is 5.91 Å². The molecule has 3 aromatic rings. The number of carbonyl (C=O) groups is 1. The molecular weight excluding hydrogens is 340 g/mol. The number of rotatable bonds is 4. The van der Waals surface area contributed by atoms with Crippen LogP contribution in [0.15, 0.2) is 53.5 Å². The van der Waals surface area contributed by atoms with Crippen LogP contribution in [0.5, 0.6) is 0 Å². The predicted molar refractivity (Wildman–Crippen MR) is 106 cm³/mol. The first-order valence-corrected chi connectivity index (χ1v) is 8.75. The van der Waals surface area contributed by atoms with Crippen molar-refractivity contribution in [1.29, 1.82) is 0 Å². The molecule has 27 heavy (non-hydrogen) atoms. The molecule has 0 aliphatic carbocycles. The minimum atomic E-state index is -0.780. The summed E-state index contributed by atoms with van der Waals surface area (Å²) in [5.74, 6) is -0.320. The molecule has 1 aromatic heterocycles. The summed E-state index contributed by atoms with van der Waals surface area (Å²) in [5, 5.41) is 6.99. The average molecular weight is 362 g/mol. The number of benzene rings is 2. The molecule has 0 saturated carbocycles. The van der Waals surface area contributed by atoms with Crippen LogP contribution in [0, 0.1) is 20.8 Å². The van der Waals surface area contributed by atoms with Crippen molar-refractivity contribution in [2.24, 2.45) is 0 Å². The van der Waals surface area contributed by atoms with Crippen LogP contribution >= 0.6 is 0 Å². The van der Waals surface area contributed by atoms with Gasteiger partial charge >= 0.3 is 5.69 Å². The summed E-state index contributed by atoms with van der Waals surface area (Å²) in [6, 6.07) is 12.7. The molecule has 1 atom stereocenters. The second kappa shape index (κ2) is 7.53. The fourth-order valence-corrected chi connectivity index (χ4v) is 2.88. The van der Waals surface area contributed by atoms with Crippen LogP contribution in [-0.4, -0.2) is 20.7 Å². The van der Waals surface area contributed by atoms with Crippen LogP contribution < -0.4 is 11.0 Å². The Bertz CT molecular complexity index is 1020. The van der Waals surface area contributed by atoms with E-state index in [0.717, 1.165) is 26.9 Å². The Morgan fingerprint density at radius 2 is 1.63 bits per heavy atom. The van der Waals surface area contributed by atoms with Gasteiger partial charge < -0.3 is 5.32 Å². The molecule has 0 saturated heterocycles. The van der Waals surface area contributed by atoms with Crippen molar-refractivity contribution in [2.75, 3.05) is 5.32 Å². The third-order valence-corrected chi connectivity index (χ3v) is 4.30. The maximum absolute atomic E-state index is 12.5. The Morgan fingerprint density at radius 1 is 1.00 bits per heavy atom. The van der Waals surface area contributed by atoms with E-state index in [4.69, 9.17) is 0 Å². The number of amides is 1. The van der Waals surface area contributed by atoms with E-state index in [2.05, 4.69) is 15.4 Å². The standard InChI is InChI=1S/C21H22N4O2/c1-13-5-7-17(8-6-13)19-12-22-25(21(27)24-19)16(4)20(26)23-18-10-14(2)9-15(3)11-18/h5-12,16H,1-4H3,(H,23,26)/t16-/m0/s1. The topological polar surface area (TPSA) is 76.9 Å². The number of nitrogens with zero attached hydrogens (tertiary/aromatic N) is 3. The fraction of sp³-hybridized carbons (Fsp3) is 0.238. The third kappa shape index (κ3) is 4.28. The monoisotopic (exact) mass is 362 g/mol. The number of hydrogen-bond donors (Lipinski definition) is 1. The Labute approximate surface area is 157 Å². The smallest absolute Gasteiger partial charge is 0.324 e. The van der Waals surface area contributed by atoms with Gasteiger partial charge in [0.1, 0.15) is 6.04 Å². The highest BCUT2D eigenvalue weighted by Gasteiger charge is 2.19. The van der Waals surface area contributed by atoms with Crippen molar-refractivity contribution in [1.82, 2.24) is 14.8 Å². The summed E-state index contributed by atoms with van der Waals surface area (Å²) in [7, 11) is 0. The van der Waals surface area contributed by atoms with E-state index in [1.165, 1.54) is 6.20 Å². The van der Waals surface area contributed by atoms with Crippen molar-refractivity contribution in [3.05, 3.63) is 75.8 Å². The van der Waals surface area contributed by atoms with Gasteiger partial charge in [-0.3, -0.25) is 4.79 Å². The van der Waals surface area contributed by atoms with Crippen LogP contribution in [-0.2, 0) is 4.79 Å². The van der Waals surface area contributed by atoms with Crippen molar-refractivity contribution in [3.8, 4) is 11.3 Å². The summed E-state index contributed by atoms with van der Waals surface area (Å²) >= 11 is 0. The van der Waals surface area contributed by atoms with E-state index >= 15 is 0 Å². The quantitative estimate of drug-likeness (QED) is 0.771. The van der Waals surface area contributed by atoms with Crippen LogP contribution in [0.1, 0.15) is 29.7 Å². The van der Waals surface area contributed by atoms with E-state index in [1.54, 1.807) is 6.92 Å². The molecule has 0 spiro atoms. The minimum absolute atomic E-state index is 0.320. The second-order valence-electron chi connectivity index (χ2n) is 6.78. The van der Waals surface area contributed by atoms with E-state index in [0.29, 0.717) is 11.4 Å². The predicted octanol–water partition coefficient (Wildman–Crippen LogP) is 3.43. The molecule has 1 amide bonds. The average Bonchev–Trinajstić information content (AvgIpc) is 2.60. The second-order valence-corrected chi connectivity index (χ2v) is 6.78. The number of carbonyl (C=O) groups excluding carboxylic acids is 1. The normalized spacial score (nSPS) is 11.9. The summed E-state index contributed by atoms with van der Waals surface area (Å²) in [5.41, 5.74) is 4.66. The zero-order valence-electron chi connectivity index (χ0n) is 15.9. The molecule has 3 rings (SSSR count). The largest absolute Gasteiger partial charge is 0.365 e. The minimum Gasteiger partial charge on any atom is -0.324 e. The maximum atomic E-state index is 12.5. The van der Waals surface area contributed by atoms with Crippen LogP contribution in [0.2, 0.25) is 0 Å². The SMILES string of the molecule is Cc1ccc(-c2cnn([C@@H](C)C(=O)Nc3cc(C)cc(C)c3)c(=O)n2)cc1. The highest BCUT2D eigenvalue weighted by atomic mass is 16.2. The maximum Gasteiger partial charge on any atom is 0.365 e. The molecule has 0 radical (unpaired) electrons. The number of aromatic nitrogens is 3. The number of hydrogen-bond acceptors (Lipinski definition) is 4. The van der Waals surface area contributed by atoms with Gasteiger partial charge in [0, 0.05) is 11.3 Å². The number of nitrogens with one attached hydrogen (secondary N) is 1. The van der Waals surface area contributed by atoms with Gasteiger partial charge in [0.05, 0.1) is 11.9 Å². The Balaban J connectivity index is 1.81. The lowest BCUT2D eigenvalue weighted by molar-refractivity contribution is -0.119. The van der Waals surface area contributed by atoms with E-state index in [9.17, 15) is 9.59 Å². The molecule has 0 bridgehead atoms. The highest BCUT2D eigenvalue weighted by Crippen LogP contribution is 2.17. The third-order valence-electron chi connectivity index (χ3n) is 4.30. The first kappa shape index (κ1) is 18.5. The van der Waals surface area contributed by atoms with Crippen molar-refractivity contribution >= 4 is 11.6 Å². The van der Waals surface area contributed by atoms with E-state index < -0.39 is 11.7 Å². The van der Waals surface area contributed by atoms with Crippen LogP contribution in [0.25, 0.3) is 11.3 Å². The Kier molecular flexibility index (Phi) is 5.16. The van der Waals surface area contributed by atoms with Gasteiger partial charge in [0.25, 0.3) is 0 Å². The molecular formula is C21H22N4O2. The first-order valence-electron chi connectivity index (χ1n) is 8.75. The molecule has 1 N–H and O–H groups in total. The number of aryl methyl sites for hydroxylation is 3. The molecule has 0 aliphatic rings. The van der Waals surface area contributed by atoms with Gasteiger partial charge in [0.2, 0.25) is 5.91 Å². The lowest BCUT2D eigenvalue weighted by Gasteiger charge is -2.14. The van der Waals surface area contributed by atoms with E-state index in [1.807, 2.05) is 63.2 Å². The highest BCUT2D eigenvalue weighted by molar-refractivity contribution is 5.93. The van der Waals surface area contributed by atoms with Crippen LogP contribution in [0.4, 0.5) is 5.69 Å². The Hall–Kier alpha value is -3.28. The lowest BCUT2D eigenvalue weighted by atomic mass is 10.1. The first-order chi connectivity index (χ1) is 12.8. The molecule has 6 nitrogen and oxygen atoms in total. The van der Waals surface area contributed by atoms with Gasteiger partial charge in [-0.2, -0.15) is 10.1 Å². The van der Waals surface area contributed by atoms with Crippen molar-refractivity contribution in [3.63, 3.8) is 0 Å². The van der Waals surface area contributed by atoms with Gasteiger partial charge in [-0.15, -0.1) is 0 Å². The molecule has 2 aromatic carbocycles. The van der Waals surface area contributed by atoms with Gasteiger partial charge in [0.15, 0.2) is 0 Å². The Morgan fingerprint density at radius 3 is 2.22 bits per heavy atom. The summed E-state index contributed by atoms with van der Waals surface area (Å²) < 4.78 is 1.09. The molecule has 0 aliphatic heterocycles. The van der Waals surface area contributed by atoms with Crippen molar-refractivity contribution in [2.45, 2.75) is 33.7 Å². The molecule has 138 valence electrons. The lowest BCUT2D eigenvalue weighted by Crippen LogP contribution is -2.34. The summed E-state index contributed by atoms with van der Waals surface area (Å²) in [6.45, 7) is 7.54. The fourth-order valence-electron chi connectivity index (χ4n) is 2.88. The van der Waals surface area contributed by atoms with Crippen LogP contribution in [0.3, 0.4) is 0 Å². The summed E-state index contributed by atoms with van der Waals surface area (Å²) in [4.78, 5) is 29.0. The zero-order valence-corrected chi connectivity index (χ0v) is 15.9.